The third-order valence-corrected chi connectivity index (χ3v) is 5.36. The fourth-order valence-electron chi connectivity index (χ4n) is 3.18. The molecule has 0 radical (unpaired) electrons. The van der Waals surface area contributed by atoms with Crippen molar-refractivity contribution in [2.75, 3.05) is 41.8 Å². The molecule has 4 rings (SSSR count). The van der Waals surface area contributed by atoms with Gasteiger partial charge in [-0.2, -0.15) is 15.0 Å². The van der Waals surface area contributed by atoms with Gasteiger partial charge in [0, 0.05) is 29.5 Å². The Morgan fingerprint density at radius 3 is 2.27 bits per heavy atom. The molecule has 3 aromatic rings. The monoisotopic (exact) mass is 424 g/mol. The molecule has 1 aromatic heterocycles. The van der Waals surface area contributed by atoms with Gasteiger partial charge in [0.2, 0.25) is 17.8 Å². The molecule has 7 nitrogen and oxygen atoms in total. The van der Waals surface area contributed by atoms with Crippen LogP contribution >= 0.6 is 11.6 Å². The van der Waals surface area contributed by atoms with Crippen molar-refractivity contribution >= 4 is 40.8 Å². The number of rotatable bonds is 5. The summed E-state index contributed by atoms with van der Waals surface area (Å²) in [6, 6.07) is 11.9. The quantitative estimate of drug-likeness (QED) is 0.610. The van der Waals surface area contributed by atoms with Crippen LogP contribution in [0.3, 0.4) is 0 Å². The maximum atomic E-state index is 6.17. The number of nitrogens with zero attached hydrogens (tertiary/aromatic N) is 4. The van der Waals surface area contributed by atoms with E-state index in [1.54, 1.807) is 0 Å². The Morgan fingerprint density at radius 1 is 0.833 bits per heavy atom. The van der Waals surface area contributed by atoms with E-state index >= 15 is 0 Å². The molecule has 1 saturated heterocycles. The Labute approximate surface area is 181 Å². The number of benzene rings is 2. The molecule has 2 aromatic carbocycles. The zero-order valence-electron chi connectivity index (χ0n) is 17.4. The highest BCUT2D eigenvalue weighted by Crippen LogP contribution is 2.25. The van der Waals surface area contributed by atoms with Gasteiger partial charge in [0.1, 0.15) is 0 Å². The average molecular weight is 425 g/mol. The number of halogens is 1. The Balaban J connectivity index is 1.68. The molecule has 156 valence electrons. The van der Waals surface area contributed by atoms with Gasteiger partial charge in [-0.1, -0.05) is 23.7 Å². The van der Waals surface area contributed by atoms with Gasteiger partial charge >= 0.3 is 0 Å². The van der Waals surface area contributed by atoms with Crippen LogP contribution in [0.4, 0.5) is 29.2 Å². The van der Waals surface area contributed by atoms with Gasteiger partial charge in [-0.15, -0.1) is 0 Å². The first-order chi connectivity index (χ1) is 14.5. The maximum absolute atomic E-state index is 6.17. The molecule has 0 atom stereocenters. The first-order valence-electron chi connectivity index (χ1n) is 9.94. The standard InChI is InChI=1S/C22H25ClN6O/c1-14-5-7-18(12-16(14)3)24-20-26-21(25-19-13-17(23)6-4-15(19)2)28-22(27-20)29-8-10-30-11-9-29/h4-7,12-13H,8-11H2,1-3H3,(H2,24,25,26,27,28). The minimum Gasteiger partial charge on any atom is -0.378 e. The molecule has 0 spiro atoms. The number of aromatic nitrogens is 3. The average Bonchev–Trinajstić information content (AvgIpc) is 2.74. The summed E-state index contributed by atoms with van der Waals surface area (Å²) < 4.78 is 5.47. The van der Waals surface area contributed by atoms with E-state index in [9.17, 15) is 0 Å². The van der Waals surface area contributed by atoms with Crippen LogP contribution in [-0.2, 0) is 4.74 Å². The topological polar surface area (TPSA) is 75.2 Å². The van der Waals surface area contributed by atoms with Gasteiger partial charge in [0.15, 0.2) is 0 Å². The number of nitrogens with one attached hydrogen (secondary N) is 2. The van der Waals surface area contributed by atoms with E-state index in [-0.39, 0.29) is 0 Å². The minimum absolute atomic E-state index is 0.461. The minimum atomic E-state index is 0.461. The third-order valence-electron chi connectivity index (χ3n) is 5.13. The summed E-state index contributed by atoms with van der Waals surface area (Å²) in [5.41, 5.74) is 5.29. The second kappa shape index (κ2) is 8.85. The van der Waals surface area contributed by atoms with Gasteiger partial charge in [-0.05, 0) is 61.7 Å². The first kappa shape index (κ1) is 20.4. The number of hydrogen-bond acceptors (Lipinski definition) is 7. The Hall–Kier alpha value is -2.90. The Kier molecular flexibility index (Phi) is 6.01. The molecule has 2 N–H and O–H groups in total. The second-order valence-electron chi connectivity index (χ2n) is 7.39. The van der Waals surface area contributed by atoms with Crippen molar-refractivity contribution in [2.24, 2.45) is 0 Å². The molecule has 0 bridgehead atoms. The molecule has 0 saturated carbocycles. The van der Waals surface area contributed by atoms with Crippen LogP contribution < -0.4 is 15.5 Å². The molecular formula is C22H25ClN6O. The van der Waals surface area contributed by atoms with Crippen molar-refractivity contribution in [3.05, 3.63) is 58.1 Å². The van der Waals surface area contributed by atoms with Crippen molar-refractivity contribution in [3.63, 3.8) is 0 Å². The fraction of sp³-hybridized carbons (Fsp3) is 0.318. The van der Waals surface area contributed by atoms with E-state index < -0.39 is 0 Å². The lowest BCUT2D eigenvalue weighted by molar-refractivity contribution is 0.122. The highest BCUT2D eigenvalue weighted by Gasteiger charge is 2.17. The fourth-order valence-corrected chi connectivity index (χ4v) is 3.35. The summed E-state index contributed by atoms with van der Waals surface area (Å²) in [7, 11) is 0. The summed E-state index contributed by atoms with van der Waals surface area (Å²) in [5, 5.41) is 7.26. The van der Waals surface area contributed by atoms with Crippen LogP contribution in [0.15, 0.2) is 36.4 Å². The number of ether oxygens (including phenoxy) is 1. The predicted molar refractivity (Wildman–Crippen MR) is 122 cm³/mol. The van der Waals surface area contributed by atoms with Gasteiger partial charge < -0.3 is 20.3 Å². The van der Waals surface area contributed by atoms with Gasteiger partial charge in [0.25, 0.3) is 0 Å². The maximum Gasteiger partial charge on any atom is 0.233 e. The molecule has 0 amide bonds. The van der Waals surface area contributed by atoms with E-state index in [0.717, 1.165) is 30.0 Å². The second-order valence-corrected chi connectivity index (χ2v) is 7.83. The number of anilines is 5. The van der Waals surface area contributed by atoms with Gasteiger partial charge in [0.05, 0.1) is 13.2 Å². The highest BCUT2D eigenvalue weighted by atomic mass is 35.5. The number of hydrogen-bond donors (Lipinski definition) is 2. The predicted octanol–water partition coefficient (Wildman–Crippen LogP) is 4.77. The summed E-state index contributed by atoms with van der Waals surface area (Å²) in [6.07, 6.45) is 0. The molecule has 2 heterocycles. The molecule has 30 heavy (non-hydrogen) atoms. The van der Waals surface area contributed by atoms with Crippen molar-refractivity contribution < 1.29 is 4.74 Å². The van der Waals surface area contributed by atoms with E-state index in [1.807, 2.05) is 31.2 Å². The number of morpholine rings is 1. The molecule has 1 aliphatic heterocycles. The van der Waals surface area contributed by atoms with Crippen LogP contribution in [0.1, 0.15) is 16.7 Å². The molecule has 1 aliphatic rings. The van der Waals surface area contributed by atoms with Crippen LogP contribution in [0, 0.1) is 20.8 Å². The van der Waals surface area contributed by atoms with Gasteiger partial charge in [-0.3, -0.25) is 0 Å². The lowest BCUT2D eigenvalue weighted by Gasteiger charge is -2.27. The van der Waals surface area contributed by atoms with Crippen LogP contribution in [0.2, 0.25) is 5.02 Å². The molecule has 8 heteroatoms. The Morgan fingerprint density at radius 2 is 1.53 bits per heavy atom. The highest BCUT2D eigenvalue weighted by molar-refractivity contribution is 6.30. The van der Waals surface area contributed by atoms with Crippen LogP contribution in [-0.4, -0.2) is 41.3 Å². The summed E-state index contributed by atoms with van der Waals surface area (Å²) in [4.78, 5) is 16.0. The van der Waals surface area contributed by atoms with E-state index in [4.69, 9.17) is 16.3 Å². The van der Waals surface area contributed by atoms with Crippen molar-refractivity contribution in [3.8, 4) is 0 Å². The lowest BCUT2D eigenvalue weighted by Crippen LogP contribution is -2.37. The van der Waals surface area contributed by atoms with Crippen LogP contribution in [0.25, 0.3) is 0 Å². The zero-order chi connectivity index (χ0) is 21.1. The van der Waals surface area contributed by atoms with Crippen molar-refractivity contribution in [1.29, 1.82) is 0 Å². The largest absolute Gasteiger partial charge is 0.378 e. The SMILES string of the molecule is Cc1ccc(Nc2nc(Nc3cc(Cl)ccc3C)nc(N3CCOCC3)n2)cc1C. The van der Waals surface area contributed by atoms with Gasteiger partial charge in [-0.25, -0.2) is 0 Å². The van der Waals surface area contributed by atoms with E-state index in [2.05, 4.69) is 56.5 Å². The summed E-state index contributed by atoms with van der Waals surface area (Å²) in [6.45, 7) is 8.97. The normalized spacial score (nSPS) is 13.9. The molecule has 0 unspecified atom stereocenters. The van der Waals surface area contributed by atoms with Crippen molar-refractivity contribution in [2.45, 2.75) is 20.8 Å². The molecule has 0 aliphatic carbocycles. The third kappa shape index (κ3) is 4.80. The summed E-state index contributed by atoms with van der Waals surface area (Å²) in [5.74, 6) is 1.56. The zero-order valence-corrected chi connectivity index (χ0v) is 18.1. The van der Waals surface area contributed by atoms with Crippen molar-refractivity contribution in [1.82, 2.24) is 15.0 Å². The Bertz CT molecular complexity index is 1050. The lowest BCUT2D eigenvalue weighted by atomic mass is 10.1. The smallest absolute Gasteiger partial charge is 0.233 e. The number of aryl methyl sites for hydroxylation is 3. The first-order valence-corrected chi connectivity index (χ1v) is 10.3. The van der Waals surface area contributed by atoms with Crippen LogP contribution in [0.5, 0.6) is 0 Å². The van der Waals surface area contributed by atoms with E-state index in [1.165, 1.54) is 11.1 Å². The summed E-state index contributed by atoms with van der Waals surface area (Å²) >= 11 is 6.17. The molecule has 1 fully saturated rings. The van der Waals surface area contributed by atoms with E-state index in [0.29, 0.717) is 36.1 Å². The molecular weight excluding hydrogens is 400 g/mol.